The van der Waals surface area contributed by atoms with Gasteiger partial charge < -0.3 is 5.11 Å². The first-order chi connectivity index (χ1) is 9.15. The number of halogens is 3. The van der Waals surface area contributed by atoms with Gasteiger partial charge in [-0.25, -0.2) is 13.1 Å². The van der Waals surface area contributed by atoms with Crippen LogP contribution in [-0.2, 0) is 16.6 Å². The first-order valence-electron chi connectivity index (χ1n) is 5.56. The minimum absolute atomic E-state index is 0.0407. The van der Waals surface area contributed by atoms with Gasteiger partial charge in [-0.05, 0) is 35.9 Å². The van der Waals surface area contributed by atoms with Crippen LogP contribution in [-0.4, -0.2) is 31.3 Å². The number of nitrogens with one attached hydrogen (secondary N) is 1. The van der Waals surface area contributed by atoms with Crippen molar-refractivity contribution in [1.29, 1.82) is 0 Å². The summed E-state index contributed by atoms with van der Waals surface area (Å²) in [4.78, 5) is -0.0407. The Morgan fingerprint density at radius 3 is 2.55 bits per heavy atom. The Labute approximate surface area is 119 Å². The van der Waals surface area contributed by atoms with Gasteiger partial charge in [0.1, 0.15) is 0 Å². The lowest BCUT2D eigenvalue weighted by Gasteiger charge is -2.11. The normalized spacial score (nSPS) is 12.7. The molecule has 9 heteroatoms. The molecule has 2 N–H and O–H groups in total. The number of hydrogen-bond donors (Lipinski definition) is 2. The Morgan fingerprint density at radius 2 is 2.00 bits per heavy atom. The van der Waals surface area contributed by atoms with Gasteiger partial charge in [-0.2, -0.15) is 13.2 Å². The van der Waals surface area contributed by atoms with Gasteiger partial charge in [0.25, 0.3) is 0 Å². The second-order valence-corrected chi connectivity index (χ2v) is 6.85. The molecule has 0 aliphatic carbocycles. The Balaban J connectivity index is 2.74. The Bertz CT molecular complexity index is 559. The van der Waals surface area contributed by atoms with Gasteiger partial charge in [-0.15, -0.1) is 0 Å². The zero-order chi connectivity index (χ0) is 15.4. The third-order valence-electron chi connectivity index (χ3n) is 2.38. The molecular formula is C11H14F3NO3S2. The molecule has 1 aromatic carbocycles. The molecule has 0 atom stereocenters. The molecule has 1 rings (SSSR count). The smallest absolute Gasteiger partial charge is 0.392 e. The molecule has 0 radical (unpaired) electrons. The summed E-state index contributed by atoms with van der Waals surface area (Å²) < 4.78 is 61.8. The van der Waals surface area contributed by atoms with Crippen molar-refractivity contribution in [1.82, 2.24) is 4.72 Å². The van der Waals surface area contributed by atoms with Crippen LogP contribution < -0.4 is 4.72 Å². The van der Waals surface area contributed by atoms with Gasteiger partial charge in [0.15, 0.2) is 0 Å². The van der Waals surface area contributed by atoms with E-state index in [2.05, 4.69) is 4.72 Å². The van der Waals surface area contributed by atoms with Crippen molar-refractivity contribution in [3.63, 3.8) is 0 Å². The Kier molecular flexibility index (Phi) is 5.87. The number of aryl methyl sites for hydroxylation is 1. The van der Waals surface area contributed by atoms with E-state index in [0.29, 0.717) is 11.1 Å². The van der Waals surface area contributed by atoms with Crippen LogP contribution in [0.3, 0.4) is 0 Å². The van der Waals surface area contributed by atoms with Crippen LogP contribution in [0.15, 0.2) is 23.1 Å². The van der Waals surface area contributed by atoms with Gasteiger partial charge in [0, 0.05) is 12.3 Å². The van der Waals surface area contributed by atoms with Crippen LogP contribution in [0.2, 0.25) is 0 Å². The van der Waals surface area contributed by atoms with E-state index in [-0.39, 0.29) is 29.8 Å². The number of aliphatic hydroxyl groups excluding tert-OH is 1. The van der Waals surface area contributed by atoms with E-state index in [1.165, 1.54) is 12.1 Å². The van der Waals surface area contributed by atoms with Gasteiger partial charge in [0.05, 0.1) is 11.5 Å². The number of alkyl halides is 3. The summed E-state index contributed by atoms with van der Waals surface area (Å²) in [6, 6.07) is 4.41. The van der Waals surface area contributed by atoms with Crippen molar-refractivity contribution in [2.75, 3.05) is 12.3 Å². The Morgan fingerprint density at radius 1 is 1.35 bits per heavy atom. The zero-order valence-electron chi connectivity index (χ0n) is 10.6. The fourth-order valence-corrected chi connectivity index (χ4v) is 3.34. The molecule has 0 unspecified atom stereocenters. The molecule has 0 saturated carbocycles. The molecule has 0 spiro atoms. The molecule has 0 fully saturated rings. The minimum Gasteiger partial charge on any atom is -0.392 e. The predicted molar refractivity (Wildman–Crippen MR) is 70.8 cm³/mol. The van der Waals surface area contributed by atoms with Crippen molar-refractivity contribution in [3.8, 4) is 0 Å². The van der Waals surface area contributed by atoms with Crippen molar-refractivity contribution in [2.24, 2.45) is 0 Å². The highest BCUT2D eigenvalue weighted by molar-refractivity contribution is 8.00. The fraction of sp³-hybridized carbons (Fsp3) is 0.455. The predicted octanol–water partition coefficient (Wildman–Crippen LogP) is 2.02. The van der Waals surface area contributed by atoms with Crippen LogP contribution in [0.1, 0.15) is 11.1 Å². The standard InChI is InChI=1S/C11H14F3NO3S2/c1-8-2-3-9(7-16)6-10(8)20(17,18)15-4-5-19-11(12,13)14/h2-3,6,15-16H,4-5,7H2,1H3. The number of thioether (sulfide) groups is 1. The quantitative estimate of drug-likeness (QED) is 0.784. The van der Waals surface area contributed by atoms with Crippen LogP contribution in [0.5, 0.6) is 0 Å². The monoisotopic (exact) mass is 329 g/mol. The highest BCUT2D eigenvalue weighted by Crippen LogP contribution is 2.29. The highest BCUT2D eigenvalue weighted by atomic mass is 32.2. The fourth-order valence-electron chi connectivity index (χ4n) is 1.45. The van der Waals surface area contributed by atoms with E-state index in [1.54, 1.807) is 13.0 Å². The highest BCUT2D eigenvalue weighted by Gasteiger charge is 2.28. The van der Waals surface area contributed by atoms with E-state index in [0.717, 1.165) is 0 Å². The summed E-state index contributed by atoms with van der Waals surface area (Å²) in [7, 11) is -3.88. The van der Waals surface area contributed by atoms with Crippen molar-refractivity contribution < 1.29 is 26.7 Å². The first kappa shape index (κ1) is 17.3. The largest absolute Gasteiger partial charge is 0.441 e. The number of hydrogen-bond acceptors (Lipinski definition) is 4. The van der Waals surface area contributed by atoms with E-state index in [9.17, 15) is 21.6 Å². The van der Waals surface area contributed by atoms with E-state index < -0.39 is 21.3 Å². The third-order valence-corrected chi connectivity index (χ3v) is 4.72. The van der Waals surface area contributed by atoms with E-state index >= 15 is 0 Å². The van der Waals surface area contributed by atoms with Crippen molar-refractivity contribution in [2.45, 2.75) is 23.9 Å². The SMILES string of the molecule is Cc1ccc(CO)cc1S(=O)(=O)NCCSC(F)(F)F. The first-order valence-corrected chi connectivity index (χ1v) is 8.03. The maximum atomic E-state index is 12.0. The van der Waals surface area contributed by atoms with E-state index in [4.69, 9.17) is 5.11 Å². The van der Waals surface area contributed by atoms with Crippen LogP contribution >= 0.6 is 11.8 Å². The van der Waals surface area contributed by atoms with Crippen molar-refractivity contribution in [3.05, 3.63) is 29.3 Å². The second kappa shape index (κ2) is 6.79. The maximum absolute atomic E-state index is 12.0. The summed E-state index contributed by atoms with van der Waals surface area (Å²) in [5.74, 6) is -0.401. The summed E-state index contributed by atoms with van der Waals surface area (Å²) in [5.41, 5.74) is -3.50. The Hall–Kier alpha value is -0.770. The van der Waals surface area contributed by atoms with Crippen molar-refractivity contribution >= 4 is 21.8 Å². The third kappa shape index (κ3) is 5.31. The number of aliphatic hydroxyl groups is 1. The molecule has 0 bridgehead atoms. The van der Waals surface area contributed by atoms with Gasteiger partial charge in [0.2, 0.25) is 10.0 Å². The zero-order valence-corrected chi connectivity index (χ0v) is 12.2. The summed E-state index contributed by atoms with van der Waals surface area (Å²) >= 11 is -0.286. The number of benzene rings is 1. The summed E-state index contributed by atoms with van der Waals surface area (Å²) in [6.07, 6.45) is 0. The molecule has 0 heterocycles. The molecule has 20 heavy (non-hydrogen) atoms. The molecule has 0 saturated heterocycles. The molecule has 0 amide bonds. The van der Waals surface area contributed by atoms with Crippen LogP contribution in [0, 0.1) is 6.92 Å². The lowest BCUT2D eigenvalue weighted by molar-refractivity contribution is -0.0327. The minimum atomic E-state index is -4.38. The average molecular weight is 329 g/mol. The maximum Gasteiger partial charge on any atom is 0.441 e. The molecule has 0 aliphatic heterocycles. The number of sulfonamides is 1. The van der Waals surface area contributed by atoms with Crippen LogP contribution in [0.4, 0.5) is 13.2 Å². The summed E-state index contributed by atoms with van der Waals surface area (Å²) in [5, 5.41) is 8.98. The average Bonchev–Trinajstić information content (AvgIpc) is 2.34. The molecule has 0 aliphatic rings. The number of rotatable bonds is 6. The van der Waals surface area contributed by atoms with Gasteiger partial charge in [-0.3, -0.25) is 0 Å². The second-order valence-electron chi connectivity index (χ2n) is 3.95. The molecule has 1 aromatic rings. The topological polar surface area (TPSA) is 66.4 Å². The van der Waals surface area contributed by atoms with Crippen LogP contribution in [0.25, 0.3) is 0 Å². The van der Waals surface area contributed by atoms with E-state index in [1.807, 2.05) is 0 Å². The molecular weight excluding hydrogens is 315 g/mol. The summed E-state index contributed by atoms with van der Waals surface area (Å²) in [6.45, 7) is 0.933. The van der Waals surface area contributed by atoms with Gasteiger partial charge in [-0.1, -0.05) is 12.1 Å². The molecule has 4 nitrogen and oxygen atoms in total. The lowest BCUT2D eigenvalue weighted by Crippen LogP contribution is -2.27. The van der Waals surface area contributed by atoms with Gasteiger partial charge >= 0.3 is 5.51 Å². The molecule has 0 aromatic heterocycles. The molecule has 114 valence electrons. The lowest BCUT2D eigenvalue weighted by atomic mass is 10.2.